The Kier molecular flexibility index (Phi) is 6.48. The summed E-state index contributed by atoms with van der Waals surface area (Å²) in [7, 11) is 0. The van der Waals surface area contributed by atoms with Gasteiger partial charge in [0, 0.05) is 32.4 Å². The molecule has 0 aliphatic carbocycles. The summed E-state index contributed by atoms with van der Waals surface area (Å²) in [6, 6.07) is 7.64. The average molecular weight is 517 g/mol. The molecule has 0 saturated carbocycles. The summed E-state index contributed by atoms with van der Waals surface area (Å²) in [4.78, 5) is 41.6. The van der Waals surface area contributed by atoms with Crippen molar-refractivity contribution in [2.45, 2.75) is 26.7 Å². The summed E-state index contributed by atoms with van der Waals surface area (Å²) >= 11 is 0. The molecule has 0 radical (unpaired) electrons. The third-order valence-electron chi connectivity index (χ3n) is 6.91. The van der Waals surface area contributed by atoms with E-state index in [1.807, 2.05) is 31.7 Å². The second-order valence-corrected chi connectivity index (χ2v) is 9.67. The van der Waals surface area contributed by atoms with Gasteiger partial charge in [-0.2, -0.15) is 4.98 Å². The fourth-order valence-electron chi connectivity index (χ4n) is 5.00. The number of carbonyl (C=O) groups is 1. The number of hydrogen-bond acceptors (Lipinski definition) is 6. The minimum atomic E-state index is -0.600. The van der Waals surface area contributed by atoms with Crippen LogP contribution in [0.4, 0.5) is 10.2 Å². The van der Waals surface area contributed by atoms with Gasteiger partial charge in [-0.25, -0.2) is 13.8 Å². The molecule has 1 fully saturated rings. The number of H-pyrrole nitrogens is 1. The number of pyridine rings is 1. The highest BCUT2D eigenvalue weighted by Crippen LogP contribution is 2.36. The average Bonchev–Trinajstić information content (AvgIpc) is 3.32. The molecule has 3 aromatic heterocycles. The number of phenols is 1. The number of aromatic hydroxyl groups is 1. The molecular weight excluding hydrogens is 487 g/mol. The van der Waals surface area contributed by atoms with Crippen molar-refractivity contribution >= 4 is 22.8 Å². The van der Waals surface area contributed by atoms with Crippen molar-refractivity contribution in [3.63, 3.8) is 0 Å². The number of hydrogen-bond donors (Lipinski definition) is 2. The third-order valence-corrected chi connectivity index (χ3v) is 6.91. The zero-order valence-corrected chi connectivity index (χ0v) is 21.5. The molecule has 4 heterocycles. The predicted octanol–water partition coefficient (Wildman–Crippen LogP) is 3.89. The van der Waals surface area contributed by atoms with Gasteiger partial charge in [0.05, 0.1) is 28.0 Å². The highest BCUT2D eigenvalue weighted by Gasteiger charge is 2.27. The Hall–Kier alpha value is -4.47. The lowest BCUT2D eigenvalue weighted by molar-refractivity contribution is -0.126. The molecule has 1 saturated heterocycles. The fourth-order valence-corrected chi connectivity index (χ4v) is 5.00. The van der Waals surface area contributed by atoms with E-state index in [-0.39, 0.29) is 23.1 Å². The van der Waals surface area contributed by atoms with Crippen LogP contribution in [0.15, 0.2) is 54.0 Å². The van der Waals surface area contributed by atoms with Gasteiger partial charge >= 0.3 is 5.69 Å². The summed E-state index contributed by atoms with van der Waals surface area (Å²) in [6.07, 6.45) is 2.99. The zero-order valence-electron chi connectivity index (χ0n) is 21.5. The van der Waals surface area contributed by atoms with Crippen molar-refractivity contribution in [1.29, 1.82) is 0 Å². The highest BCUT2D eigenvalue weighted by molar-refractivity contribution is 5.94. The molecule has 9 nitrogen and oxygen atoms in total. The lowest BCUT2D eigenvalue weighted by Crippen LogP contribution is -2.49. The van der Waals surface area contributed by atoms with Crippen LogP contribution >= 0.6 is 0 Å². The van der Waals surface area contributed by atoms with E-state index < -0.39 is 11.5 Å². The fraction of sp³-hybridized carbons (Fsp3) is 0.286. The molecule has 38 heavy (non-hydrogen) atoms. The molecule has 0 unspecified atom stereocenters. The molecule has 1 aliphatic heterocycles. The Morgan fingerprint density at radius 1 is 1.21 bits per heavy atom. The lowest BCUT2D eigenvalue weighted by Gasteiger charge is -2.35. The van der Waals surface area contributed by atoms with E-state index in [9.17, 15) is 19.1 Å². The maximum absolute atomic E-state index is 14.9. The van der Waals surface area contributed by atoms with Crippen LogP contribution in [0.5, 0.6) is 5.75 Å². The third kappa shape index (κ3) is 4.21. The number of fused-ring (bicyclic) bond motifs is 1. The van der Waals surface area contributed by atoms with Crippen molar-refractivity contribution in [3.05, 3.63) is 76.7 Å². The minimum Gasteiger partial charge on any atom is -0.507 e. The van der Waals surface area contributed by atoms with E-state index in [0.717, 1.165) is 11.3 Å². The number of aryl methyl sites for hydroxylation is 1. The van der Waals surface area contributed by atoms with E-state index in [1.54, 1.807) is 17.2 Å². The second-order valence-electron chi connectivity index (χ2n) is 9.67. The van der Waals surface area contributed by atoms with E-state index >= 15 is 0 Å². The van der Waals surface area contributed by atoms with Crippen molar-refractivity contribution in [3.8, 4) is 22.7 Å². The molecule has 5 rings (SSSR count). The molecule has 196 valence electrons. The monoisotopic (exact) mass is 516 g/mol. The summed E-state index contributed by atoms with van der Waals surface area (Å²) in [5.41, 5.74) is 2.39. The SMILES string of the molecule is C=CC(=O)N1CCN(c2nc(=O)n(-c3c(C)ccnc3C(C)C)c3[nH]c(-c4c(O)cccc4F)cc23)CC1. The molecule has 1 amide bonds. The van der Waals surface area contributed by atoms with Crippen LogP contribution in [0, 0.1) is 12.7 Å². The number of amides is 1. The van der Waals surface area contributed by atoms with E-state index in [2.05, 4.69) is 21.5 Å². The first-order chi connectivity index (χ1) is 18.2. The smallest absolute Gasteiger partial charge is 0.355 e. The topological polar surface area (TPSA) is 107 Å². The maximum Gasteiger partial charge on any atom is 0.355 e. The number of phenolic OH excluding ortho intramolecular Hbond substituents is 1. The summed E-state index contributed by atoms with van der Waals surface area (Å²) < 4.78 is 16.4. The van der Waals surface area contributed by atoms with E-state index in [0.29, 0.717) is 54.4 Å². The number of carbonyl (C=O) groups excluding carboxylic acids is 1. The molecule has 0 atom stereocenters. The predicted molar refractivity (Wildman–Crippen MR) is 144 cm³/mol. The van der Waals surface area contributed by atoms with Crippen LogP contribution in [0.1, 0.15) is 31.0 Å². The van der Waals surface area contributed by atoms with Crippen LogP contribution < -0.4 is 10.6 Å². The van der Waals surface area contributed by atoms with Gasteiger partial charge in [-0.15, -0.1) is 0 Å². The summed E-state index contributed by atoms with van der Waals surface area (Å²) in [6.45, 7) is 11.3. The molecule has 0 spiro atoms. The first-order valence-corrected chi connectivity index (χ1v) is 12.5. The van der Waals surface area contributed by atoms with Gasteiger partial charge in [-0.05, 0) is 48.7 Å². The summed E-state index contributed by atoms with van der Waals surface area (Å²) in [5, 5.41) is 11.1. The first-order valence-electron chi connectivity index (χ1n) is 12.5. The van der Waals surface area contributed by atoms with Gasteiger partial charge in [0.1, 0.15) is 23.0 Å². The first kappa shape index (κ1) is 25.2. The van der Waals surface area contributed by atoms with Gasteiger partial charge in [-0.1, -0.05) is 26.5 Å². The Bertz CT molecular complexity index is 1590. The number of rotatable bonds is 5. The number of aromatic nitrogens is 4. The van der Waals surface area contributed by atoms with Gasteiger partial charge in [0.25, 0.3) is 0 Å². The van der Waals surface area contributed by atoms with Crippen LogP contribution in [0.2, 0.25) is 0 Å². The van der Waals surface area contributed by atoms with Crippen molar-refractivity contribution in [1.82, 2.24) is 24.4 Å². The Morgan fingerprint density at radius 2 is 1.95 bits per heavy atom. The minimum absolute atomic E-state index is 0.00189. The number of benzene rings is 1. The number of anilines is 1. The molecule has 0 bridgehead atoms. The summed E-state index contributed by atoms with van der Waals surface area (Å²) in [5.74, 6) is -0.524. The van der Waals surface area contributed by atoms with Gasteiger partial charge < -0.3 is 19.9 Å². The standard InChI is InChI=1S/C28H29FN6O3/c1-5-22(37)33-11-13-34(14-12-33)26-18-15-20(23-19(29)7-6-8-21(23)36)31-27(18)35(28(38)32-26)25-17(4)9-10-30-24(25)16(2)3/h5-10,15-16,31,36H,1,11-14H2,2-4H3. The maximum atomic E-state index is 14.9. The number of nitrogens with zero attached hydrogens (tertiary/aromatic N) is 5. The Morgan fingerprint density at radius 3 is 2.61 bits per heavy atom. The number of nitrogens with one attached hydrogen (secondary N) is 1. The van der Waals surface area contributed by atoms with Gasteiger partial charge in [0.15, 0.2) is 0 Å². The molecule has 2 N–H and O–H groups in total. The molecular formula is C28H29FN6O3. The molecule has 10 heteroatoms. The zero-order chi connectivity index (χ0) is 27.1. The van der Waals surface area contributed by atoms with E-state index in [4.69, 9.17) is 0 Å². The van der Waals surface area contributed by atoms with Crippen LogP contribution in [-0.4, -0.2) is 61.6 Å². The number of aromatic amines is 1. The number of halogens is 1. The second kappa shape index (κ2) is 9.77. The van der Waals surface area contributed by atoms with Gasteiger partial charge in [-0.3, -0.25) is 9.78 Å². The molecule has 1 aliphatic rings. The normalized spacial score (nSPS) is 13.9. The van der Waals surface area contributed by atoms with Gasteiger partial charge in [0.2, 0.25) is 5.91 Å². The number of piperazine rings is 1. The van der Waals surface area contributed by atoms with Crippen LogP contribution in [0.25, 0.3) is 28.0 Å². The molecule has 4 aromatic rings. The van der Waals surface area contributed by atoms with Crippen molar-refractivity contribution in [2.24, 2.45) is 0 Å². The highest BCUT2D eigenvalue weighted by atomic mass is 19.1. The Labute approximate surface area is 218 Å². The van der Waals surface area contributed by atoms with Crippen molar-refractivity contribution < 1.29 is 14.3 Å². The Balaban J connectivity index is 1.76. The lowest BCUT2D eigenvalue weighted by atomic mass is 10.0. The van der Waals surface area contributed by atoms with Crippen LogP contribution in [0.3, 0.4) is 0 Å². The quantitative estimate of drug-likeness (QED) is 0.390. The van der Waals surface area contributed by atoms with Crippen molar-refractivity contribution in [2.75, 3.05) is 31.1 Å². The molecule has 1 aromatic carbocycles. The van der Waals surface area contributed by atoms with Crippen LogP contribution in [-0.2, 0) is 4.79 Å². The van der Waals surface area contributed by atoms with E-state index in [1.165, 1.54) is 28.8 Å². The largest absolute Gasteiger partial charge is 0.507 e.